The van der Waals surface area contributed by atoms with Crippen LogP contribution in [0.4, 0.5) is 0 Å². The zero-order valence-corrected chi connectivity index (χ0v) is 8.03. The number of nitrogens with zero attached hydrogens (tertiary/aromatic N) is 3. The molecule has 0 saturated carbocycles. The molecule has 1 unspecified atom stereocenters. The fraction of sp³-hybridized carbons (Fsp3) is 0.778. The second-order valence-electron chi connectivity index (χ2n) is 3.76. The third kappa shape index (κ3) is 2.06. The molecule has 1 aliphatic heterocycles. The molecule has 13 heavy (non-hydrogen) atoms. The fourth-order valence-corrected chi connectivity index (χ4v) is 1.83. The summed E-state index contributed by atoms with van der Waals surface area (Å²) in [7, 11) is 2.00. The molecule has 1 aromatic rings. The quantitative estimate of drug-likeness (QED) is 0.730. The van der Waals surface area contributed by atoms with Gasteiger partial charge in [-0.15, -0.1) is 10.2 Å². The van der Waals surface area contributed by atoms with Gasteiger partial charge in [-0.1, -0.05) is 0 Å². The van der Waals surface area contributed by atoms with Crippen molar-refractivity contribution in [1.82, 2.24) is 20.1 Å². The summed E-state index contributed by atoms with van der Waals surface area (Å²) >= 11 is 0. The van der Waals surface area contributed by atoms with Crippen LogP contribution in [0.5, 0.6) is 0 Å². The number of rotatable bonds is 3. The van der Waals surface area contributed by atoms with Crippen LogP contribution < -0.4 is 5.32 Å². The van der Waals surface area contributed by atoms with Crippen LogP contribution in [0.15, 0.2) is 6.33 Å². The average Bonchev–Trinajstić information content (AvgIpc) is 2.72. The first-order valence-corrected chi connectivity index (χ1v) is 4.90. The maximum absolute atomic E-state index is 4.07. The van der Waals surface area contributed by atoms with Gasteiger partial charge in [0.2, 0.25) is 0 Å². The van der Waals surface area contributed by atoms with E-state index in [2.05, 4.69) is 15.5 Å². The van der Waals surface area contributed by atoms with Gasteiger partial charge in [-0.3, -0.25) is 0 Å². The van der Waals surface area contributed by atoms with Gasteiger partial charge in [0.15, 0.2) is 0 Å². The van der Waals surface area contributed by atoms with Gasteiger partial charge >= 0.3 is 0 Å². The maximum atomic E-state index is 4.07. The lowest BCUT2D eigenvalue weighted by Crippen LogP contribution is -2.10. The van der Waals surface area contributed by atoms with Gasteiger partial charge in [-0.2, -0.15) is 0 Å². The highest BCUT2D eigenvalue weighted by Crippen LogP contribution is 2.14. The van der Waals surface area contributed by atoms with E-state index in [9.17, 15) is 0 Å². The first kappa shape index (κ1) is 8.69. The minimum Gasteiger partial charge on any atom is -0.321 e. The van der Waals surface area contributed by atoms with E-state index in [0.717, 1.165) is 18.2 Å². The summed E-state index contributed by atoms with van der Waals surface area (Å²) in [6.07, 6.45) is 5.38. The molecule has 72 valence electrons. The molecule has 1 aromatic heterocycles. The maximum Gasteiger partial charge on any atom is 0.132 e. The molecule has 0 aliphatic carbocycles. The molecule has 1 saturated heterocycles. The molecule has 0 aromatic carbocycles. The zero-order chi connectivity index (χ0) is 9.10. The Labute approximate surface area is 78.4 Å². The number of aryl methyl sites for hydroxylation is 2. The molecule has 2 heterocycles. The molecule has 0 radical (unpaired) electrons. The van der Waals surface area contributed by atoms with Gasteiger partial charge in [0, 0.05) is 13.5 Å². The Morgan fingerprint density at radius 1 is 1.69 bits per heavy atom. The molecular formula is C9H16N4. The summed E-state index contributed by atoms with van der Waals surface area (Å²) in [4.78, 5) is 0. The summed E-state index contributed by atoms with van der Waals surface area (Å²) in [6, 6.07) is 0. The van der Waals surface area contributed by atoms with Crippen LogP contribution in [0, 0.1) is 5.92 Å². The molecule has 4 heteroatoms. The second-order valence-corrected chi connectivity index (χ2v) is 3.76. The van der Waals surface area contributed by atoms with Crippen LogP contribution >= 0.6 is 0 Å². The van der Waals surface area contributed by atoms with E-state index < -0.39 is 0 Å². The van der Waals surface area contributed by atoms with Crippen molar-refractivity contribution in [2.45, 2.75) is 19.3 Å². The largest absolute Gasteiger partial charge is 0.321 e. The van der Waals surface area contributed by atoms with E-state index in [1.807, 2.05) is 11.6 Å². The van der Waals surface area contributed by atoms with Gasteiger partial charge in [0.25, 0.3) is 0 Å². The molecule has 2 rings (SSSR count). The minimum atomic E-state index is 0.844. The Morgan fingerprint density at radius 2 is 2.62 bits per heavy atom. The molecule has 1 N–H and O–H groups in total. The van der Waals surface area contributed by atoms with Gasteiger partial charge in [0.1, 0.15) is 12.2 Å². The van der Waals surface area contributed by atoms with Crippen LogP contribution in [0.1, 0.15) is 18.7 Å². The van der Waals surface area contributed by atoms with Crippen molar-refractivity contribution in [3.63, 3.8) is 0 Å². The summed E-state index contributed by atoms with van der Waals surface area (Å²) < 4.78 is 2.00. The van der Waals surface area contributed by atoms with E-state index in [0.29, 0.717) is 0 Å². The molecule has 0 amide bonds. The number of hydrogen-bond acceptors (Lipinski definition) is 3. The third-order valence-corrected chi connectivity index (χ3v) is 2.74. The monoisotopic (exact) mass is 180 g/mol. The smallest absolute Gasteiger partial charge is 0.132 e. The van der Waals surface area contributed by atoms with Crippen LogP contribution in [-0.2, 0) is 13.5 Å². The van der Waals surface area contributed by atoms with Crippen molar-refractivity contribution in [3.05, 3.63) is 12.2 Å². The van der Waals surface area contributed by atoms with Crippen molar-refractivity contribution >= 4 is 0 Å². The van der Waals surface area contributed by atoms with E-state index in [4.69, 9.17) is 0 Å². The summed E-state index contributed by atoms with van der Waals surface area (Å²) in [5, 5.41) is 11.3. The van der Waals surface area contributed by atoms with Gasteiger partial charge in [-0.05, 0) is 31.8 Å². The molecule has 1 aliphatic rings. The Bertz CT molecular complexity index is 262. The van der Waals surface area contributed by atoms with Crippen molar-refractivity contribution < 1.29 is 0 Å². The first-order chi connectivity index (χ1) is 6.36. The third-order valence-electron chi connectivity index (χ3n) is 2.74. The highest BCUT2D eigenvalue weighted by Gasteiger charge is 2.14. The van der Waals surface area contributed by atoms with Gasteiger partial charge in [0.05, 0.1) is 0 Å². The zero-order valence-electron chi connectivity index (χ0n) is 8.03. The summed E-state index contributed by atoms with van der Waals surface area (Å²) in [5.41, 5.74) is 0. The van der Waals surface area contributed by atoms with Crippen LogP contribution in [0.3, 0.4) is 0 Å². The Morgan fingerprint density at radius 3 is 3.23 bits per heavy atom. The van der Waals surface area contributed by atoms with Crippen molar-refractivity contribution in [2.75, 3.05) is 13.1 Å². The molecule has 0 spiro atoms. The topological polar surface area (TPSA) is 42.7 Å². The predicted molar refractivity (Wildman–Crippen MR) is 50.3 cm³/mol. The SMILES string of the molecule is Cn1cnnc1CCC1CCNC1. The van der Waals surface area contributed by atoms with E-state index in [1.165, 1.54) is 25.9 Å². The van der Waals surface area contributed by atoms with Crippen LogP contribution in [-0.4, -0.2) is 27.9 Å². The molecule has 4 nitrogen and oxygen atoms in total. The lowest BCUT2D eigenvalue weighted by atomic mass is 10.0. The predicted octanol–water partition coefficient (Wildman–Crippen LogP) is 0.357. The Balaban J connectivity index is 1.82. The Kier molecular flexibility index (Phi) is 2.59. The first-order valence-electron chi connectivity index (χ1n) is 4.90. The average molecular weight is 180 g/mol. The summed E-state index contributed by atoms with van der Waals surface area (Å²) in [6.45, 7) is 2.36. The van der Waals surface area contributed by atoms with Gasteiger partial charge < -0.3 is 9.88 Å². The molecule has 1 atom stereocenters. The van der Waals surface area contributed by atoms with Crippen molar-refractivity contribution in [2.24, 2.45) is 13.0 Å². The van der Waals surface area contributed by atoms with Crippen LogP contribution in [0.2, 0.25) is 0 Å². The number of aromatic nitrogens is 3. The number of hydrogen-bond donors (Lipinski definition) is 1. The molecule has 0 bridgehead atoms. The highest BCUT2D eigenvalue weighted by atomic mass is 15.2. The van der Waals surface area contributed by atoms with E-state index in [1.54, 1.807) is 6.33 Å². The van der Waals surface area contributed by atoms with Gasteiger partial charge in [-0.25, -0.2) is 0 Å². The van der Waals surface area contributed by atoms with E-state index >= 15 is 0 Å². The minimum absolute atomic E-state index is 0.844. The molecular weight excluding hydrogens is 164 g/mol. The molecule has 1 fully saturated rings. The standard InChI is InChI=1S/C9H16N4/c1-13-7-11-12-9(13)3-2-8-4-5-10-6-8/h7-8,10H,2-6H2,1H3. The van der Waals surface area contributed by atoms with Crippen LogP contribution in [0.25, 0.3) is 0 Å². The fourth-order valence-electron chi connectivity index (χ4n) is 1.83. The van der Waals surface area contributed by atoms with Crippen molar-refractivity contribution in [3.8, 4) is 0 Å². The highest BCUT2D eigenvalue weighted by molar-refractivity contribution is 4.86. The lowest BCUT2D eigenvalue weighted by Gasteiger charge is -2.06. The normalized spacial score (nSPS) is 22.4. The number of nitrogens with one attached hydrogen (secondary N) is 1. The Hall–Kier alpha value is -0.900. The van der Waals surface area contributed by atoms with Crippen molar-refractivity contribution in [1.29, 1.82) is 0 Å². The lowest BCUT2D eigenvalue weighted by molar-refractivity contribution is 0.519. The second kappa shape index (κ2) is 3.87. The summed E-state index contributed by atoms with van der Waals surface area (Å²) in [5.74, 6) is 1.95. The van der Waals surface area contributed by atoms with E-state index in [-0.39, 0.29) is 0 Å².